The summed E-state index contributed by atoms with van der Waals surface area (Å²) in [6, 6.07) is 0. The van der Waals surface area contributed by atoms with E-state index in [0.29, 0.717) is 6.61 Å². The van der Waals surface area contributed by atoms with Crippen molar-refractivity contribution < 1.29 is 5.11 Å². The molecule has 3 N–H and O–H groups in total. The topological polar surface area (TPSA) is 44.3 Å². The molecule has 1 rings (SSSR count). The quantitative estimate of drug-likeness (QED) is 0.539. The predicted molar refractivity (Wildman–Crippen MR) is 67.5 cm³/mol. The number of piperidine rings is 1. The van der Waals surface area contributed by atoms with E-state index in [1.165, 1.54) is 31.7 Å². The third-order valence-corrected chi connectivity index (χ3v) is 3.77. The van der Waals surface area contributed by atoms with Crippen LogP contribution >= 0.6 is 11.8 Å². The standard InChI is InChI=1S/C11H24N2OS/c14-6-2-7-15-8-5-13-10-11-3-1-4-12-9-11/h11-14H,1-10H2. The average Bonchev–Trinajstić information content (AvgIpc) is 2.29. The average molecular weight is 232 g/mol. The Bertz CT molecular complexity index is 141. The van der Waals surface area contributed by atoms with Gasteiger partial charge in [0.1, 0.15) is 0 Å². The molecule has 0 aliphatic carbocycles. The minimum atomic E-state index is 0.328. The third-order valence-electron chi connectivity index (χ3n) is 2.70. The molecule has 0 aromatic carbocycles. The molecule has 1 aliphatic rings. The van der Waals surface area contributed by atoms with Gasteiger partial charge in [0.15, 0.2) is 0 Å². The summed E-state index contributed by atoms with van der Waals surface area (Å²) in [6.45, 7) is 4.98. The highest BCUT2D eigenvalue weighted by atomic mass is 32.2. The zero-order valence-corrected chi connectivity index (χ0v) is 10.3. The SMILES string of the molecule is OCCCSCCNCC1CCCNC1. The maximum absolute atomic E-state index is 8.60. The van der Waals surface area contributed by atoms with Gasteiger partial charge in [-0.15, -0.1) is 0 Å². The molecular formula is C11H24N2OS. The lowest BCUT2D eigenvalue weighted by molar-refractivity contribution is 0.296. The van der Waals surface area contributed by atoms with Crippen LogP contribution in [-0.4, -0.2) is 49.4 Å². The first-order valence-corrected chi connectivity index (χ1v) is 7.19. The second-order valence-corrected chi connectivity index (χ2v) is 5.33. The summed E-state index contributed by atoms with van der Waals surface area (Å²) >= 11 is 1.93. The molecule has 90 valence electrons. The molecule has 1 atom stereocenters. The Balaban J connectivity index is 1.79. The van der Waals surface area contributed by atoms with Crippen molar-refractivity contribution in [2.75, 3.05) is 44.3 Å². The zero-order valence-electron chi connectivity index (χ0n) is 9.50. The summed E-state index contributed by atoms with van der Waals surface area (Å²) < 4.78 is 0. The first-order chi connectivity index (χ1) is 7.43. The fourth-order valence-corrected chi connectivity index (χ4v) is 2.64. The van der Waals surface area contributed by atoms with Crippen molar-refractivity contribution in [1.29, 1.82) is 0 Å². The number of hydrogen-bond donors (Lipinski definition) is 3. The number of rotatable bonds is 8. The van der Waals surface area contributed by atoms with Crippen molar-refractivity contribution in [3.63, 3.8) is 0 Å². The molecule has 3 nitrogen and oxygen atoms in total. The molecule has 1 unspecified atom stereocenters. The number of aliphatic hydroxyl groups excluding tert-OH is 1. The molecule has 15 heavy (non-hydrogen) atoms. The van der Waals surface area contributed by atoms with Gasteiger partial charge in [-0.1, -0.05) is 0 Å². The van der Waals surface area contributed by atoms with Crippen molar-refractivity contribution in [3.8, 4) is 0 Å². The van der Waals surface area contributed by atoms with Gasteiger partial charge in [0.05, 0.1) is 0 Å². The molecule has 1 fully saturated rings. The van der Waals surface area contributed by atoms with E-state index >= 15 is 0 Å². The van der Waals surface area contributed by atoms with Crippen LogP contribution in [0.4, 0.5) is 0 Å². The molecule has 0 spiro atoms. The van der Waals surface area contributed by atoms with E-state index in [-0.39, 0.29) is 0 Å². The normalized spacial score (nSPS) is 21.8. The Kier molecular flexibility index (Phi) is 8.38. The first kappa shape index (κ1) is 13.3. The van der Waals surface area contributed by atoms with Gasteiger partial charge in [-0.25, -0.2) is 0 Å². The second kappa shape index (κ2) is 9.46. The summed E-state index contributed by atoms with van der Waals surface area (Å²) in [5, 5.41) is 15.5. The lowest BCUT2D eigenvalue weighted by atomic mass is 10.00. The van der Waals surface area contributed by atoms with Crippen LogP contribution in [0, 0.1) is 5.92 Å². The molecule has 0 amide bonds. The molecule has 1 saturated heterocycles. The Morgan fingerprint density at radius 3 is 3.07 bits per heavy atom. The summed E-state index contributed by atoms with van der Waals surface area (Å²) in [5.41, 5.74) is 0. The Labute approximate surface area is 97.4 Å². The van der Waals surface area contributed by atoms with E-state index < -0.39 is 0 Å². The van der Waals surface area contributed by atoms with Crippen LogP contribution in [0.3, 0.4) is 0 Å². The number of thioether (sulfide) groups is 1. The maximum atomic E-state index is 8.60. The Hall–Kier alpha value is 0.230. The lowest BCUT2D eigenvalue weighted by Gasteiger charge is -2.22. The summed E-state index contributed by atoms with van der Waals surface area (Å²) in [5.74, 6) is 3.09. The van der Waals surface area contributed by atoms with Crippen LogP contribution in [0.15, 0.2) is 0 Å². The smallest absolute Gasteiger partial charge is 0.0438 e. The largest absolute Gasteiger partial charge is 0.396 e. The van der Waals surface area contributed by atoms with Crippen molar-refractivity contribution >= 4 is 11.8 Å². The van der Waals surface area contributed by atoms with Crippen molar-refractivity contribution in [3.05, 3.63) is 0 Å². The molecule has 0 aromatic heterocycles. The lowest BCUT2D eigenvalue weighted by Crippen LogP contribution is -2.36. The highest BCUT2D eigenvalue weighted by Gasteiger charge is 2.11. The van der Waals surface area contributed by atoms with Crippen LogP contribution < -0.4 is 10.6 Å². The second-order valence-electron chi connectivity index (χ2n) is 4.11. The predicted octanol–water partition coefficient (Wildman–Crippen LogP) is 0.691. The van der Waals surface area contributed by atoms with Crippen LogP contribution in [0.5, 0.6) is 0 Å². The molecule has 0 bridgehead atoms. The summed E-state index contributed by atoms with van der Waals surface area (Å²) in [4.78, 5) is 0. The zero-order chi connectivity index (χ0) is 10.8. The van der Waals surface area contributed by atoms with Gasteiger partial charge in [-0.2, -0.15) is 11.8 Å². The van der Waals surface area contributed by atoms with E-state index in [2.05, 4.69) is 10.6 Å². The van der Waals surface area contributed by atoms with Gasteiger partial charge in [0.2, 0.25) is 0 Å². The summed E-state index contributed by atoms with van der Waals surface area (Å²) in [7, 11) is 0. The third kappa shape index (κ3) is 7.17. The van der Waals surface area contributed by atoms with Gasteiger partial charge in [-0.3, -0.25) is 0 Å². The molecule has 1 aliphatic heterocycles. The van der Waals surface area contributed by atoms with Gasteiger partial charge in [0, 0.05) is 18.9 Å². The van der Waals surface area contributed by atoms with Crippen LogP contribution in [0.25, 0.3) is 0 Å². The number of nitrogens with one attached hydrogen (secondary N) is 2. The monoisotopic (exact) mass is 232 g/mol. The minimum absolute atomic E-state index is 0.328. The molecule has 1 heterocycles. The Morgan fingerprint density at radius 1 is 1.40 bits per heavy atom. The van der Waals surface area contributed by atoms with Crippen molar-refractivity contribution in [1.82, 2.24) is 10.6 Å². The van der Waals surface area contributed by atoms with Gasteiger partial charge >= 0.3 is 0 Å². The fraction of sp³-hybridized carbons (Fsp3) is 1.00. The molecule has 0 saturated carbocycles. The minimum Gasteiger partial charge on any atom is -0.396 e. The van der Waals surface area contributed by atoms with Crippen LogP contribution in [0.2, 0.25) is 0 Å². The van der Waals surface area contributed by atoms with Crippen molar-refractivity contribution in [2.45, 2.75) is 19.3 Å². The molecule has 0 aromatic rings. The van der Waals surface area contributed by atoms with E-state index in [4.69, 9.17) is 5.11 Å². The fourth-order valence-electron chi connectivity index (χ4n) is 1.82. The van der Waals surface area contributed by atoms with Gasteiger partial charge < -0.3 is 15.7 Å². The molecule has 0 radical (unpaired) electrons. The molecular weight excluding hydrogens is 208 g/mol. The van der Waals surface area contributed by atoms with Gasteiger partial charge in [0.25, 0.3) is 0 Å². The molecule has 4 heteroatoms. The summed E-state index contributed by atoms with van der Waals surface area (Å²) in [6.07, 6.45) is 3.63. The number of aliphatic hydroxyl groups is 1. The van der Waals surface area contributed by atoms with Crippen molar-refractivity contribution in [2.24, 2.45) is 5.92 Å². The first-order valence-electron chi connectivity index (χ1n) is 6.03. The number of hydrogen-bond acceptors (Lipinski definition) is 4. The highest BCUT2D eigenvalue weighted by molar-refractivity contribution is 7.99. The van der Waals surface area contributed by atoms with E-state index in [1.54, 1.807) is 0 Å². The maximum Gasteiger partial charge on any atom is 0.0438 e. The van der Waals surface area contributed by atoms with E-state index in [0.717, 1.165) is 31.2 Å². The van der Waals surface area contributed by atoms with E-state index in [1.807, 2.05) is 11.8 Å². The van der Waals surface area contributed by atoms with Crippen LogP contribution in [-0.2, 0) is 0 Å². The van der Waals surface area contributed by atoms with E-state index in [9.17, 15) is 0 Å². The van der Waals surface area contributed by atoms with Crippen LogP contribution in [0.1, 0.15) is 19.3 Å². The Morgan fingerprint density at radius 2 is 2.33 bits per heavy atom. The highest BCUT2D eigenvalue weighted by Crippen LogP contribution is 2.08. The van der Waals surface area contributed by atoms with Gasteiger partial charge in [-0.05, 0) is 50.6 Å².